The Balaban J connectivity index is 0.956. The third-order valence-electron chi connectivity index (χ3n) is 16.0. The highest BCUT2D eigenvalue weighted by molar-refractivity contribution is 6.15. The van der Waals surface area contributed by atoms with Gasteiger partial charge in [-0.2, -0.15) is 0 Å². The zero-order valence-electron chi connectivity index (χ0n) is 43.8. The summed E-state index contributed by atoms with van der Waals surface area (Å²) in [5.74, 6) is 2.67. The summed E-state index contributed by atoms with van der Waals surface area (Å²) < 4.78 is 7.22. The number of nitrogens with zero attached hydrogens (tertiary/aromatic N) is 7. The van der Waals surface area contributed by atoms with Gasteiger partial charge in [-0.15, -0.1) is 0 Å². The van der Waals surface area contributed by atoms with Crippen molar-refractivity contribution in [2.75, 3.05) is 0 Å². The molecule has 378 valence electrons. The molecule has 5 heterocycles. The molecule has 0 aliphatic rings. The van der Waals surface area contributed by atoms with E-state index in [1.807, 2.05) is 60.7 Å². The van der Waals surface area contributed by atoms with E-state index >= 15 is 0 Å². The molecule has 16 aromatic rings. The molecule has 16 rings (SSSR count). The van der Waals surface area contributed by atoms with Crippen LogP contribution in [0, 0.1) is 0 Å². The van der Waals surface area contributed by atoms with Gasteiger partial charge in [0.05, 0.1) is 33.1 Å². The third-order valence-corrected chi connectivity index (χ3v) is 16.0. The minimum Gasteiger partial charge on any atom is -0.309 e. The van der Waals surface area contributed by atoms with Gasteiger partial charge in [-0.3, -0.25) is 4.57 Å². The molecule has 0 saturated carbocycles. The van der Waals surface area contributed by atoms with Crippen molar-refractivity contribution in [1.29, 1.82) is 0 Å². The number of aromatic nitrogens is 7. The van der Waals surface area contributed by atoms with Crippen LogP contribution in [0.3, 0.4) is 0 Å². The highest BCUT2D eigenvalue weighted by Crippen LogP contribution is 2.46. The van der Waals surface area contributed by atoms with Gasteiger partial charge in [-0.05, 0) is 77.4 Å². The lowest BCUT2D eigenvalue weighted by atomic mass is 9.88. The molecule has 7 heteroatoms. The van der Waals surface area contributed by atoms with Crippen LogP contribution in [-0.2, 0) is 0 Å². The maximum atomic E-state index is 5.64. The number of hydrogen-bond donors (Lipinski definition) is 0. The van der Waals surface area contributed by atoms with Crippen molar-refractivity contribution in [3.05, 3.63) is 285 Å². The summed E-state index contributed by atoms with van der Waals surface area (Å²) in [6, 6.07) is 99.2. The number of benzene rings is 11. The Hall–Kier alpha value is -11.0. The molecule has 5 aromatic heterocycles. The molecule has 0 aliphatic heterocycles. The van der Waals surface area contributed by atoms with Gasteiger partial charge >= 0.3 is 0 Å². The number of fused-ring (bicyclic) bond motifs is 9. The summed E-state index contributed by atoms with van der Waals surface area (Å²) in [6.45, 7) is 0. The Morgan fingerprint density at radius 3 is 0.975 bits per heavy atom. The van der Waals surface area contributed by atoms with E-state index in [-0.39, 0.29) is 0 Å². The Bertz CT molecular complexity index is 4750. The molecular formula is C74H47N7. The van der Waals surface area contributed by atoms with Crippen LogP contribution in [0.1, 0.15) is 0 Å². The van der Waals surface area contributed by atoms with Gasteiger partial charge in [0.15, 0.2) is 17.5 Å². The summed E-state index contributed by atoms with van der Waals surface area (Å²) in [7, 11) is 0. The SMILES string of the molecule is c1ccc(-c2nc(-c3ccccc3)nc(-c3ccc(-c4c(-c5ccccc5)cnc(-n5c6ccc(-n7c8ccccc8c8ccccc87)cc6c6cc(-n7c8ccccc8c8ccccc87)ccc65)c4-c4ccccc4)cc3)n2)cc1. The molecule has 81 heavy (non-hydrogen) atoms. The van der Waals surface area contributed by atoms with Crippen LogP contribution in [-0.4, -0.2) is 33.6 Å². The van der Waals surface area contributed by atoms with Crippen molar-refractivity contribution in [1.82, 2.24) is 33.6 Å². The average Bonchev–Trinajstić information content (AvgIpc) is 3.69. The molecule has 0 saturated heterocycles. The Morgan fingerprint density at radius 1 is 0.235 bits per heavy atom. The standard InChI is InChI=1S/C74H47N7/c1-5-21-48(22-6-1)62-47-75-74(70(49-23-7-2-8-24-49)69(62)50-37-39-53(40-38-50)73-77-71(51-25-9-3-10-26-51)76-72(78-73)52-27-11-4-12-28-52)81-67-43-41-54(79-63-33-17-13-29-56(63)57-30-14-18-34-64(57)79)45-60(67)61-46-55(42-44-68(61)81)80-65-35-19-15-31-58(65)59-32-16-20-36-66(59)80/h1-47H. The van der Waals surface area contributed by atoms with Crippen LogP contribution in [0.2, 0.25) is 0 Å². The fourth-order valence-corrected chi connectivity index (χ4v) is 12.3. The second kappa shape index (κ2) is 18.9. The second-order valence-electron chi connectivity index (χ2n) is 20.6. The van der Waals surface area contributed by atoms with Gasteiger partial charge in [0.1, 0.15) is 5.82 Å². The topological polar surface area (TPSA) is 66.3 Å². The first-order valence-electron chi connectivity index (χ1n) is 27.4. The van der Waals surface area contributed by atoms with E-state index in [1.54, 1.807) is 0 Å². The Kier molecular flexibility index (Phi) is 10.7. The van der Waals surface area contributed by atoms with Crippen molar-refractivity contribution >= 4 is 65.4 Å². The molecule has 11 aromatic carbocycles. The normalized spacial score (nSPS) is 11.7. The molecule has 0 aliphatic carbocycles. The molecule has 0 N–H and O–H groups in total. The first kappa shape index (κ1) is 46.1. The minimum absolute atomic E-state index is 0.599. The van der Waals surface area contributed by atoms with Gasteiger partial charge in [-0.25, -0.2) is 19.9 Å². The summed E-state index contributed by atoms with van der Waals surface area (Å²) in [5, 5.41) is 7.13. The lowest BCUT2D eigenvalue weighted by Gasteiger charge is -2.21. The van der Waals surface area contributed by atoms with E-state index in [0.717, 1.165) is 111 Å². The van der Waals surface area contributed by atoms with Gasteiger partial charge in [-0.1, -0.05) is 218 Å². The zero-order valence-corrected chi connectivity index (χ0v) is 43.8. The Morgan fingerprint density at radius 2 is 0.556 bits per heavy atom. The van der Waals surface area contributed by atoms with Crippen LogP contribution < -0.4 is 0 Å². The summed E-state index contributed by atoms with van der Waals surface area (Å²) in [5.41, 5.74) is 17.9. The van der Waals surface area contributed by atoms with Crippen molar-refractivity contribution in [3.63, 3.8) is 0 Å². The summed E-state index contributed by atoms with van der Waals surface area (Å²) >= 11 is 0. The molecule has 0 bridgehead atoms. The second-order valence-corrected chi connectivity index (χ2v) is 20.6. The quantitative estimate of drug-likeness (QED) is 0.144. The molecule has 0 fully saturated rings. The molecule has 0 atom stereocenters. The smallest absolute Gasteiger partial charge is 0.164 e. The number of hydrogen-bond acceptors (Lipinski definition) is 4. The summed E-state index contributed by atoms with van der Waals surface area (Å²) in [4.78, 5) is 20.8. The average molecular weight is 1030 g/mol. The van der Waals surface area contributed by atoms with Crippen molar-refractivity contribution in [2.24, 2.45) is 0 Å². The van der Waals surface area contributed by atoms with Crippen molar-refractivity contribution in [3.8, 4) is 84.7 Å². The van der Waals surface area contributed by atoms with Crippen molar-refractivity contribution in [2.45, 2.75) is 0 Å². The van der Waals surface area contributed by atoms with Crippen LogP contribution in [0.4, 0.5) is 0 Å². The lowest BCUT2D eigenvalue weighted by molar-refractivity contribution is 1.07. The third kappa shape index (κ3) is 7.59. The van der Waals surface area contributed by atoms with E-state index in [0.29, 0.717) is 17.5 Å². The fraction of sp³-hybridized carbons (Fsp3) is 0. The van der Waals surface area contributed by atoms with Crippen molar-refractivity contribution < 1.29 is 0 Å². The van der Waals surface area contributed by atoms with Gasteiger partial charge in [0.2, 0.25) is 0 Å². The molecule has 0 radical (unpaired) electrons. The lowest BCUT2D eigenvalue weighted by Crippen LogP contribution is -2.04. The van der Waals surface area contributed by atoms with Gasteiger partial charge < -0.3 is 9.13 Å². The monoisotopic (exact) mass is 1030 g/mol. The van der Waals surface area contributed by atoms with Crippen LogP contribution >= 0.6 is 0 Å². The summed E-state index contributed by atoms with van der Waals surface area (Å²) in [6.07, 6.45) is 2.07. The van der Waals surface area contributed by atoms with Gasteiger partial charge in [0, 0.05) is 83.3 Å². The molecule has 0 unspecified atom stereocenters. The first-order chi connectivity index (χ1) is 40.2. The van der Waals surface area contributed by atoms with E-state index in [2.05, 4.69) is 238 Å². The zero-order chi connectivity index (χ0) is 53.4. The van der Waals surface area contributed by atoms with E-state index in [4.69, 9.17) is 19.9 Å². The predicted molar refractivity (Wildman–Crippen MR) is 333 cm³/mol. The maximum Gasteiger partial charge on any atom is 0.164 e. The minimum atomic E-state index is 0.599. The molecular weight excluding hydrogens is 987 g/mol. The first-order valence-corrected chi connectivity index (χ1v) is 27.4. The highest BCUT2D eigenvalue weighted by atomic mass is 15.1. The maximum absolute atomic E-state index is 5.64. The number of pyridine rings is 1. The van der Waals surface area contributed by atoms with E-state index < -0.39 is 0 Å². The molecule has 0 amide bonds. The molecule has 7 nitrogen and oxygen atoms in total. The van der Waals surface area contributed by atoms with Crippen LogP contribution in [0.15, 0.2) is 285 Å². The predicted octanol–water partition coefficient (Wildman–Crippen LogP) is 18.6. The van der Waals surface area contributed by atoms with Crippen LogP contribution in [0.5, 0.6) is 0 Å². The largest absolute Gasteiger partial charge is 0.309 e. The fourth-order valence-electron chi connectivity index (χ4n) is 12.3. The van der Waals surface area contributed by atoms with E-state index in [9.17, 15) is 0 Å². The Labute approximate surface area is 466 Å². The molecule has 0 spiro atoms. The number of para-hydroxylation sites is 4. The van der Waals surface area contributed by atoms with Crippen LogP contribution in [0.25, 0.3) is 150 Å². The van der Waals surface area contributed by atoms with E-state index in [1.165, 1.54) is 21.5 Å². The highest BCUT2D eigenvalue weighted by Gasteiger charge is 2.26. The number of rotatable bonds is 9. The van der Waals surface area contributed by atoms with Gasteiger partial charge in [0.25, 0.3) is 0 Å².